The molecule has 0 saturated carbocycles. The Morgan fingerprint density at radius 3 is 2.21 bits per heavy atom. The van der Waals surface area contributed by atoms with Crippen LogP contribution in [0.5, 0.6) is 0 Å². The molecule has 0 saturated heterocycles. The summed E-state index contributed by atoms with van der Waals surface area (Å²) in [6.45, 7) is 0. The Hall–Kier alpha value is -1.14. The lowest BCUT2D eigenvalue weighted by Gasteiger charge is -2.17. The van der Waals surface area contributed by atoms with Gasteiger partial charge in [-0.1, -0.05) is 30.3 Å². The van der Waals surface area contributed by atoms with Crippen LogP contribution < -0.4 is 0 Å². The lowest BCUT2D eigenvalue weighted by atomic mass is 10.1. The summed E-state index contributed by atoms with van der Waals surface area (Å²) in [5, 5.41) is 9.10. The minimum absolute atomic E-state index is 0.147. The van der Waals surface area contributed by atoms with E-state index < -0.39 is 24.0 Å². The van der Waals surface area contributed by atoms with E-state index in [2.05, 4.69) is 25.3 Å². The molecule has 6 heteroatoms. The first-order chi connectivity index (χ1) is 9.08. The van der Waals surface area contributed by atoms with Crippen LogP contribution in [-0.4, -0.2) is 34.7 Å². The summed E-state index contributed by atoms with van der Waals surface area (Å²) in [5.41, 5.74) is 0.802. The van der Waals surface area contributed by atoms with Crippen molar-refractivity contribution >= 4 is 37.2 Å². The van der Waals surface area contributed by atoms with Crippen molar-refractivity contribution in [2.75, 3.05) is 11.5 Å². The molecule has 4 nitrogen and oxygen atoms in total. The molecule has 0 heterocycles. The maximum Gasteiger partial charge on any atom is 0.345 e. The molecule has 0 radical (unpaired) electrons. The third-order valence-corrected chi connectivity index (χ3v) is 3.45. The number of hydrogen-bond donors (Lipinski definition) is 3. The fourth-order valence-electron chi connectivity index (χ4n) is 1.45. The third kappa shape index (κ3) is 5.16. The number of esters is 1. The summed E-state index contributed by atoms with van der Waals surface area (Å²) in [5.74, 6) is -1.67. The van der Waals surface area contributed by atoms with Gasteiger partial charge in [0, 0.05) is 17.9 Å². The van der Waals surface area contributed by atoms with Crippen molar-refractivity contribution in [2.45, 2.75) is 12.5 Å². The molecule has 104 valence electrons. The predicted octanol–water partition coefficient (Wildman–Crippen LogP) is 1.70. The van der Waals surface area contributed by atoms with E-state index in [0.29, 0.717) is 0 Å². The molecule has 0 unspecified atom stereocenters. The van der Waals surface area contributed by atoms with Crippen LogP contribution in [0.2, 0.25) is 0 Å². The van der Waals surface area contributed by atoms with Gasteiger partial charge in [-0.15, -0.1) is 0 Å². The van der Waals surface area contributed by atoms with Gasteiger partial charge in [-0.05, 0) is 5.56 Å². The van der Waals surface area contributed by atoms with E-state index in [4.69, 9.17) is 9.84 Å². The van der Waals surface area contributed by atoms with Crippen molar-refractivity contribution in [1.29, 1.82) is 0 Å². The summed E-state index contributed by atoms with van der Waals surface area (Å²) in [6.07, 6.45) is -1.04. The average molecular weight is 300 g/mol. The molecule has 0 bridgehead atoms. The van der Waals surface area contributed by atoms with Crippen LogP contribution in [0.1, 0.15) is 5.56 Å². The maximum absolute atomic E-state index is 11.7. The second-order valence-electron chi connectivity index (χ2n) is 4.02. The number of ether oxygens (including phenoxy) is 1. The van der Waals surface area contributed by atoms with Gasteiger partial charge < -0.3 is 9.84 Å². The van der Waals surface area contributed by atoms with E-state index in [1.807, 2.05) is 6.07 Å². The number of carbonyl (C=O) groups is 2. The minimum atomic E-state index is -1.18. The van der Waals surface area contributed by atoms with Crippen LogP contribution in [0.3, 0.4) is 0 Å². The summed E-state index contributed by atoms with van der Waals surface area (Å²) in [6, 6.07) is 9.03. The molecule has 0 amide bonds. The third-order valence-electron chi connectivity index (χ3n) is 2.57. The van der Waals surface area contributed by atoms with E-state index in [9.17, 15) is 9.59 Å². The van der Waals surface area contributed by atoms with Crippen LogP contribution in [0.4, 0.5) is 0 Å². The monoisotopic (exact) mass is 300 g/mol. The highest BCUT2D eigenvalue weighted by atomic mass is 32.1. The molecule has 19 heavy (non-hydrogen) atoms. The van der Waals surface area contributed by atoms with E-state index in [0.717, 1.165) is 5.56 Å². The highest BCUT2D eigenvalue weighted by Crippen LogP contribution is 2.11. The Morgan fingerprint density at radius 2 is 1.74 bits per heavy atom. The zero-order chi connectivity index (χ0) is 14.3. The number of carboxylic acids is 1. The minimum Gasteiger partial charge on any atom is -0.478 e. The molecule has 0 aromatic heterocycles. The predicted molar refractivity (Wildman–Crippen MR) is 78.9 cm³/mol. The zero-order valence-corrected chi connectivity index (χ0v) is 12.0. The molecule has 1 aromatic carbocycles. The molecule has 1 atom stereocenters. The number of hydrogen-bond acceptors (Lipinski definition) is 5. The molecule has 0 aliphatic rings. The van der Waals surface area contributed by atoms with E-state index >= 15 is 0 Å². The van der Waals surface area contributed by atoms with Crippen molar-refractivity contribution in [2.24, 2.45) is 5.92 Å². The Bertz CT molecular complexity index is 418. The van der Waals surface area contributed by atoms with Gasteiger partial charge in [0.05, 0.1) is 5.92 Å². The van der Waals surface area contributed by atoms with Crippen molar-refractivity contribution in [3.05, 3.63) is 35.9 Å². The van der Waals surface area contributed by atoms with Crippen molar-refractivity contribution in [3.63, 3.8) is 0 Å². The van der Waals surface area contributed by atoms with Crippen LogP contribution in [0, 0.1) is 5.92 Å². The Kier molecular flexibility index (Phi) is 6.80. The molecule has 0 spiro atoms. The highest BCUT2D eigenvalue weighted by Gasteiger charge is 2.26. The summed E-state index contributed by atoms with van der Waals surface area (Å²) < 4.78 is 5.02. The number of rotatable bonds is 7. The number of thiol groups is 2. The van der Waals surface area contributed by atoms with Crippen LogP contribution in [-0.2, 0) is 20.7 Å². The quantitative estimate of drug-likeness (QED) is 0.530. The van der Waals surface area contributed by atoms with Gasteiger partial charge in [0.15, 0.2) is 0 Å². The molecule has 0 aliphatic carbocycles. The van der Waals surface area contributed by atoms with Gasteiger partial charge in [0.1, 0.15) is 0 Å². The molecular weight excluding hydrogens is 284 g/mol. The first-order valence-corrected chi connectivity index (χ1v) is 7.04. The fraction of sp³-hybridized carbons (Fsp3) is 0.385. The van der Waals surface area contributed by atoms with Crippen molar-refractivity contribution < 1.29 is 19.4 Å². The van der Waals surface area contributed by atoms with Gasteiger partial charge in [0.2, 0.25) is 6.10 Å². The van der Waals surface area contributed by atoms with E-state index in [1.165, 1.54) is 0 Å². The zero-order valence-electron chi connectivity index (χ0n) is 10.2. The second kappa shape index (κ2) is 8.12. The van der Waals surface area contributed by atoms with Crippen molar-refractivity contribution in [3.8, 4) is 0 Å². The SMILES string of the molecule is O=C(O[C@@H](Cc1ccccc1)C(=O)O)C(CS)CS. The average Bonchev–Trinajstić information content (AvgIpc) is 2.40. The van der Waals surface area contributed by atoms with E-state index in [1.54, 1.807) is 24.3 Å². The van der Waals surface area contributed by atoms with Crippen molar-refractivity contribution in [1.82, 2.24) is 0 Å². The molecule has 1 N–H and O–H groups in total. The standard InChI is InChI=1S/C13H16O4S2/c14-12(15)11(6-9-4-2-1-3-5-9)17-13(16)10(7-18)8-19/h1-5,10-11,18-19H,6-8H2,(H,14,15)/t11-/m0/s1. The molecule has 0 fully saturated rings. The molecule has 1 rings (SSSR count). The van der Waals surface area contributed by atoms with Gasteiger partial charge in [0.25, 0.3) is 0 Å². The van der Waals surface area contributed by atoms with E-state index in [-0.39, 0.29) is 17.9 Å². The lowest BCUT2D eigenvalue weighted by Crippen LogP contribution is -2.33. The first-order valence-electron chi connectivity index (χ1n) is 5.77. The Morgan fingerprint density at radius 1 is 1.16 bits per heavy atom. The van der Waals surface area contributed by atoms with Gasteiger partial charge in [-0.2, -0.15) is 25.3 Å². The van der Waals surface area contributed by atoms with Gasteiger partial charge in [-0.3, -0.25) is 4.79 Å². The summed E-state index contributed by atoms with van der Waals surface area (Å²) >= 11 is 8.02. The molecule has 1 aromatic rings. The number of aliphatic carboxylic acids is 1. The molecular formula is C13H16O4S2. The van der Waals surface area contributed by atoms with Crippen LogP contribution in [0.15, 0.2) is 30.3 Å². The Labute approximate surface area is 123 Å². The Balaban J connectivity index is 2.69. The largest absolute Gasteiger partial charge is 0.478 e. The first kappa shape index (κ1) is 15.9. The lowest BCUT2D eigenvalue weighted by molar-refractivity contribution is -0.165. The van der Waals surface area contributed by atoms with Gasteiger partial charge >= 0.3 is 11.9 Å². The maximum atomic E-state index is 11.7. The fourth-order valence-corrected chi connectivity index (χ4v) is 2.21. The number of benzene rings is 1. The highest BCUT2D eigenvalue weighted by molar-refractivity contribution is 7.81. The second-order valence-corrected chi connectivity index (χ2v) is 4.75. The topological polar surface area (TPSA) is 63.6 Å². The normalized spacial score (nSPS) is 12.2. The van der Waals surface area contributed by atoms with Crippen LogP contribution >= 0.6 is 25.3 Å². The van der Waals surface area contributed by atoms with Gasteiger partial charge in [-0.25, -0.2) is 4.79 Å². The summed E-state index contributed by atoms with van der Waals surface area (Å²) in [4.78, 5) is 22.9. The summed E-state index contributed by atoms with van der Waals surface area (Å²) in [7, 11) is 0. The smallest absolute Gasteiger partial charge is 0.345 e. The molecule has 0 aliphatic heterocycles. The number of carbonyl (C=O) groups excluding carboxylic acids is 1. The number of carboxylic acid groups (broad SMARTS) is 1. The van der Waals surface area contributed by atoms with Crippen LogP contribution in [0.25, 0.3) is 0 Å².